The van der Waals surface area contributed by atoms with Gasteiger partial charge >= 0.3 is 0 Å². The van der Waals surface area contributed by atoms with E-state index >= 15 is 0 Å². The third-order valence-electron chi connectivity index (χ3n) is 4.04. The van der Waals surface area contributed by atoms with E-state index in [0.29, 0.717) is 18.7 Å². The first kappa shape index (κ1) is 21.1. The Bertz CT molecular complexity index is 1010. The molecule has 0 spiro atoms. The Balaban J connectivity index is 2.32. The van der Waals surface area contributed by atoms with Gasteiger partial charge in [-0.25, -0.2) is 16.8 Å². The van der Waals surface area contributed by atoms with Gasteiger partial charge in [0.05, 0.1) is 16.0 Å². The van der Waals surface area contributed by atoms with E-state index < -0.39 is 20.0 Å². The molecule has 27 heavy (non-hydrogen) atoms. The van der Waals surface area contributed by atoms with Gasteiger partial charge in [0.25, 0.3) is 10.0 Å². The van der Waals surface area contributed by atoms with E-state index in [0.717, 1.165) is 11.0 Å². The SMILES string of the molecule is CCN(CC)S(=O)(=O)c1ccc(C)c(NS(=O)(=O)/C=C/c2ccccc2)c1. The maximum absolute atomic E-state index is 12.7. The van der Waals surface area contributed by atoms with Crippen molar-refractivity contribution in [3.63, 3.8) is 0 Å². The topological polar surface area (TPSA) is 83.6 Å². The van der Waals surface area contributed by atoms with Crippen LogP contribution in [-0.4, -0.2) is 34.2 Å². The summed E-state index contributed by atoms with van der Waals surface area (Å²) in [5, 5.41) is 1.06. The fourth-order valence-corrected chi connectivity index (χ4v) is 4.92. The highest BCUT2D eigenvalue weighted by atomic mass is 32.2. The number of sulfonamides is 2. The second-order valence-electron chi connectivity index (χ2n) is 5.93. The highest BCUT2D eigenvalue weighted by molar-refractivity contribution is 7.95. The number of anilines is 1. The first-order valence-electron chi connectivity index (χ1n) is 8.56. The molecular formula is C19H24N2O4S2. The number of benzene rings is 2. The fourth-order valence-electron chi connectivity index (χ4n) is 2.50. The lowest BCUT2D eigenvalue weighted by Crippen LogP contribution is -2.30. The van der Waals surface area contributed by atoms with Gasteiger partial charge in [-0.2, -0.15) is 4.31 Å². The maximum Gasteiger partial charge on any atom is 0.255 e. The maximum atomic E-state index is 12.7. The summed E-state index contributed by atoms with van der Waals surface area (Å²) >= 11 is 0. The van der Waals surface area contributed by atoms with Crippen LogP contribution in [0.2, 0.25) is 0 Å². The Hall–Kier alpha value is -2.16. The fraction of sp³-hybridized carbons (Fsp3) is 0.263. The predicted molar refractivity (Wildman–Crippen MR) is 109 cm³/mol. The Morgan fingerprint density at radius 2 is 1.59 bits per heavy atom. The third-order valence-corrected chi connectivity index (χ3v) is 7.09. The van der Waals surface area contributed by atoms with Crippen LogP contribution < -0.4 is 4.72 Å². The molecule has 6 nitrogen and oxygen atoms in total. The van der Waals surface area contributed by atoms with E-state index in [1.54, 1.807) is 39.0 Å². The van der Waals surface area contributed by atoms with Gasteiger partial charge < -0.3 is 0 Å². The summed E-state index contributed by atoms with van der Waals surface area (Å²) in [6, 6.07) is 13.5. The average molecular weight is 409 g/mol. The minimum Gasteiger partial charge on any atom is -0.280 e. The zero-order chi connectivity index (χ0) is 20.1. The van der Waals surface area contributed by atoms with Crippen molar-refractivity contribution in [3.05, 3.63) is 65.1 Å². The number of nitrogens with one attached hydrogen (secondary N) is 1. The normalized spacial score (nSPS) is 12.6. The average Bonchev–Trinajstić information content (AvgIpc) is 2.63. The minimum absolute atomic E-state index is 0.0570. The molecule has 0 unspecified atom stereocenters. The van der Waals surface area contributed by atoms with Crippen molar-refractivity contribution in [1.82, 2.24) is 4.31 Å². The molecule has 0 radical (unpaired) electrons. The molecule has 0 aliphatic heterocycles. The van der Waals surface area contributed by atoms with Crippen LogP contribution in [-0.2, 0) is 20.0 Å². The molecule has 1 N–H and O–H groups in total. The van der Waals surface area contributed by atoms with Crippen molar-refractivity contribution < 1.29 is 16.8 Å². The van der Waals surface area contributed by atoms with Gasteiger partial charge in [0, 0.05) is 13.1 Å². The van der Waals surface area contributed by atoms with Crippen molar-refractivity contribution in [1.29, 1.82) is 0 Å². The number of aryl methyl sites for hydroxylation is 1. The van der Waals surface area contributed by atoms with Crippen molar-refractivity contribution >= 4 is 31.8 Å². The smallest absolute Gasteiger partial charge is 0.255 e. The monoisotopic (exact) mass is 408 g/mol. The van der Waals surface area contributed by atoms with Crippen LogP contribution in [0.25, 0.3) is 6.08 Å². The van der Waals surface area contributed by atoms with Gasteiger partial charge in [-0.3, -0.25) is 4.72 Å². The number of rotatable bonds is 8. The predicted octanol–water partition coefficient (Wildman–Crippen LogP) is 3.44. The summed E-state index contributed by atoms with van der Waals surface area (Å²) < 4.78 is 53.9. The Morgan fingerprint density at radius 1 is 0.963 bits per heavy atom. The summed E-state index contributed by atoms with van der Waals surface area (Å²) in [5.74, 6) is 0. The van der Waals surface area contributed by atoms with E-state index in [-0.39, 0.29) is 10.6 Å². The van der Waals surface area contributed by atoms with Gasteiger partial charge in [-0.15, -0.1) is 0 Å². The second-order valence-corrected chi connectivity index (χ2v) is 9.43. The summed E-state index contributed by atoms with van der Waals surface area (Å²) in [4.78, 5) is 0.0570. The molecule has 0 aliphatic carbocycles. The third kappa shape index (κ3) is 5.41. The largest absolute Gasteiger partial charge is 0.280 e. The van der Waals surface area contributed by atoms with Gasteiger partial charge in [0.15, 0.2) is 0 Å². The molecule has 8 heteroatoms. The number of nitrogens with zero attached hydrogens (tertiary/aromatic N) is 1. The number of hydrogen-bond acceptors (Lipinski definition) is 4. The summed E-state index contributed by atoms with van der Waals surface area (Å²) in [7, 11) is -7.46. The molecule has 0 aliphatic rings. The standard InChI is InChI=1S/C19H24N2O4S2/c1-4-21(5-2)27(24,25)18-12-11-16(3)19(15-18)20-26(22,23)14-13-17-9-7-6-8-10-17/h6-15,20H,4-5H2,1-3H3/b14-13+. The van der Waals surface area contributed by atoms with E-state index in [9.17, 15) is 16.8 Å². The Labute approximate surface area is 161 Å². The van der Waals surface area contributed by atoms with Gasteiger partial charge in [0.1, 0.15) is 0 Å². The lowest BCUT2D eigenvalue weighted by atomic mass is 10.2. The van der Waals surface area contributed by atoms with Crippen molar-refractivity contribution in [2.75, 3.05) is 17.8 Å². The Kier molecular flexibility index (Phi) is 6.80. The molecule has 2 rings (SSSR count). The molecular weight excluding hydrogens is 384 g/mol. The highest BCUT2D eigenvalue weighted by Gasteiger charge is 2.22. The van der Waals surface area contributed by atoms with Crippen LogP contribution >= 0.6 is 0 Å². The molecule has 2 aromatic rings. The van der Waals surface area contributed by atoms with Gasteiger partial charge in [0.2, 0.25) is 10.0 Å². The van der Waals surface area contributed by atoms with Crippen LogP contribution in [0.5, 0.6) is 0 Å². The second kappa shape index (κ2) is 8.69. The van der Waals surface area contributed by atoms with Crippen molar-refractivity contribution in [2.45, 2.75) is 25.7 Å². The van der Waals surface area contributed by atoms with E-state index in [1.807, 2.05) is 18.2 Å². The molecule has 0 aromatic heterocycles. The van der Waals surface area contributed by atoms with Crippen molar-refractivity contribution in [2.24, 2.45) is 0 Å². The minimum atomic E-state index is -3.79. The van der Waals surface area contributed by atoms with Crippen LogP contribution in [0, 0.1) is 6.92 Å². The molecule has 0 saturated heterocycles. The first-order chi connectivity index (χ1) is 12.7. The zero-order valence-electron chi connectivity index (χ0n) is 15.6. The van der Waals surface area contributed by atoms with Crippen LogP contribution in [0.15, 0.2) is 58.8 Å². The summed E-state index contributed by atoms with van der Waals surface area (Å²) in [6.45, 7) is 5.91. The summed E-state index contributed by atoms with van der Waals surface area (Å²) in [5.41, 5.74) is 1.61. The van der Waals surface area contributed by atoms with E-state index in [1.165, 1.54) is 22.5 Å². The van der Waals surface area contributed by atoms with Crippen LogP contribution in [0.4, 0.5) is 5.69 Å². The molecule has 0 bridgehead atoms. The lowest BCUT2D eigenvalue weighted by Gasteiger charge is -2.19. The molecule has 0 saturated carbocycles. The highest BCUT2D eigenvalue weighted by Crippen LogP contribution is 2.24. The molecule has 0 fully saturated rings. The molecule has 2 aromatic carbocycles. The molecule has 0 heterocycles. The van der Waals surface area contributed by atoms with Gasteiger partial charge in [-0.05, 0) is 36.3 Å². The molecule has 146 valence electrons. The zero-order valence-corrected chi connectivity index (χ0v) is 17.2. The van der Waals surface area contributed by atoms with Crippen molar-refractivity contribution in [3.8, 4) is 0 Å². The van der Waals surface area contributed by atoms with E-state index in [2.05, 4.69) is 4.72 Å². The first-order valence-corrected chi connectivity index (χ1v) is 11.5. The van der Waals surface area contributed by atoms with Crippen LogP contribution in [0.3, 0.4) is 0 Å². The Morgan fingerprint density at radius 3 is 2.19 bits per heavy atom. The van der Waals surface area contributed by atoms with Gasteiger partial charge in [-0.1, -0.05) is 50.2 Å². The molecule has 0 atom stereocenters. The quantitative estimate of drug-likeness (QED) is 0.725. The summed E-state index contributed by atoms with van der Waals surface area (Å²) in [6.07, 6.45) is 1.48. The van der Waals surface area contributed by atoms with E-state index in [4.69, 9.17) is 0 Å². The van der Waals surface area contributed by atoms with Crippen LogP contribution in [0.1, 0.15) is 25.0 Å². The molecule has 0 amide bonds. The lowest BCUT2D eigenvalue weighted by molar-refractivity contribution is 0.445. The number of hydrogen-bond donors (Lipinski definition) is 1.